The van der Waals surface area contributed by atoms with Crippen molar-refractivity contribution in [2.45, 2.75) is 18.6 Å². The molecule has 1 unspecified atom stereocenters. The maximum absolute atomic E-state index is 11.4. The number of halogens is 1. The molecule has 0 aromatic heterocycles. The van der Waals surface area contributed by atoms with Crippen LogP contribution in [0.5, 0.6) is 0 Å². The van der Waals surface area contributed by atoms with Gasteiger partial charge in [-0.3, -0.25) is 0 Å². The molecule has 3 heteroatoms. The lowest BCUT2D eigenvalue weighted by Crippen LogP contribution is -3.07. The zero-order valence-electron chi connectivity index (χ0n) is 16.1. The van der Waals surface area contributed by atoms with Crippen molar-refractivity contribution in [3.8, 4) is 11.8 Å². The van der Waals surface area contributed by atoms with Crippen molar-refractivity contribution in [3.63, 3.8) is 0 Å². The lowest BCUT2D eigenvalue weighted by molar-refractivity contribution is -0.886. The van der Waals surface area contributed by atoms with Crippen LogP contribution in [0, 0.1) is 11.8 Å². The van der Waals surface area contributed by atoms with Gasteiger partial charge in [0, 0.05) is 12.0 Å². The summed E-state index contributed by atoms with van der Waals surface area (Å²) in [5, 5.41) is 11.4. The molecular weight excluding hydrogens is 366 g/mol. The monoisotopic (exact) mass is 391 g/mol. The van der Waals surface area contributed by atoms with E-state index in [1.807, 2.05) is 66.7 Å². The molecule has 0 saturated carbocycles. The van der Waals surface area contributed by atoms with Gasteiger partial charge in [-0.05, 0) is 17.0 Å². The Hall–Kier alpha value is -2.57. The van der Waals surface area contributed by atoms with Crippen LogP contribution in [0.15, 0.2) is 91.0 Å². The lowest BCUT2D eigenvalue weighted by atomic mass is 9.84. The lowest BCUT2D eigenvalue weighted by Gasteiger charge is -2.27. The molecule has 0 saturated heterocycles. The molecule has 28 heavy (non-hydrogen) atoms. The van der Waals surface area contributed by atoms with Crippen LogP contribution in [0.2, 0.25) is 0 Å². The van der Waals surface area contributed by atoms with Gasteiger partial charge in [-0.15, -0.1) is 0 Å². The van der Waals surface area contributed by atoms with E-state index in [9.17, 15) is 5.11 Å². The summed E-state index contributed by atoms with van der Waals surface area (Å²) in [4.78, 5) is 1.33. The summed E-state index contributed by atoms with van der Waals surface area (Å²) in [5.41, 5.74) is 1.95. The van der Waals surface area contributed by atoms with E-state index in [1.54, 1.807) is 0 Å². The van der Waals surface area contributed by atoms with Gasteiger partial charge < -0.3 is 22.4 Å². The number of rotatable bonds is 6. The molecule has 144 valence electrons. The Morgan fingerprint density at radius 1 is 0.750 bits per heavy atom. The largest absolute Gasteiger partial charge is 1.00 e. The van der Waals surface area contributed by atoms with Crippen LogP contribution in [0.3, 0.4) is 0 Å². The minimum Gasteiger partial charge on any atom is -1.00 e. The summed E-state index contributed by atoms with van der Waals surface area (Å²) in [6.45, 7) is 1.69. The van der Waals surface area contributed by atoms with Crippen molar-refractivity contribution in [2.75, 3.05) is 13.6 Å². The molecule has 0 fully saturated rings. The highest BCUT2D eigenvalue weighted by molar-refractivity contribution is 5.37. The molecule has 0 amide bonds. The highest BCUT2D eigenvalue weighted by Crippen LogP contribution is 2.32. The van der Waals surface area contributed by atoms with E-state index in [0.29, 0.717) is 6.42 Å². The molecule has 2 N–H and O–H groups in total. The molecule has 3 aromatic carbocycles. The van der Waals surface area contributed by atoms with E-state index in [0.717, 1.165) is 24.2 Å². The summed E-state index contributed by atoms with van der Waals surface area (Å²) in [6.07, 6.45) is 0.375. The first-order valence-electron chi connectivity index (χ1n) is 9.33. The molecule has 0 heterocycles. The number of nitrogens with one attached hydrogen (secondary N) is 1. The summed E-state index contributed by atoms with van der Waals surface area (Å²) < 4.78 is 0. The van der Waals surface area contributed by atoms with E-state index in [4.69, 9.17) is 0 Å². The topological polar surface area (TPSA) is 24.7 Å². The number of aliphatic hydroxyl groups is 1. The zero-order valence-corrected chi connectivity index (χ0v) is 16.9. The third kappa shape index (κ3) is 5.71. The van der Waals surface area contributed by atoms with E-state index in [2.05, 4.69) is 43.2 Å². The third-order valence-corrected chi connectivity index (χ3v) is 4.71. The molecule has 0 spiro atoms. The fourth-order valence-corrected chi connectivity index (χ4v) is 3.21. The smallest absolute Gasteiger partial charge is 0.139 e. The SMILES string of the molecule is C[NH+](CC#CCC(O)(c1ccccc1)c1ccccc1)Cc1ccccc1.[Cl-]. The molecule has 0 aliphatic rings. The molecule has 2 nitrogen and oxygen atoms in total. The fourth-order valence-electron chi connectivity index (χ4n) is 3.21. The van der Waals surface area contributed by atoms with Gasteiger partial charge in [0.25, 0.3) is 0 Å². The van der Waals surface area contributed by atoms with Crippen LogP contribution < -0.4 is 17.3 Å². The summed E-state index contributed by atoms with van der Waals surface area (Å²) >= 11 is 0. The fraction of sp³-hybridized carbons (Fsp3) is 0.200. The van der Waals surface area contributed by atoms with Crippen molar-refractivity contribution in [3.05, 3.63) is 108 Å². The van der Waals surface area contributed by atoms with Crippen molar-refractivity contribution >= 4 is 0 Å². The van der Waals surface area contributed by atoms with Crippen molar-refractivity contribution in [2.24, 2.45) is 0 Å². The van der Waals surface area contributed by atoms with Crippen molar-refractivity contribution in [1.29, 1.82) is 0 Å². The van der Waals surface area contributed by atoms with Gasteiger partial charge in [-0.25, -0.2) is 0 Å². The van der Waals surface area contributed by atoms with Crippen LogP contribution in [0.1, 0.15) is 23.1 Å². The van der Waals surface area contributed by atoms with Crippen LogP contribution in [-0.2, 0) is 12.1 Å². The molecule has 3 rings (SSSR count). The molecule has 3 aromatic rings. The predicted octanol–water partition coefficient (Wildman–Crippen LogP) is 0.0349. The molecule has 0 radical (unpaired) electrons. The first-order valence-corrected chi connectivity index (χ1v) is 9.33. The van der Waals surface area contributed by atoms with E-state index in [1.165, 1.54) is 10.5 Å². The molecule has 1 atom stereocenters. The molecule has 0 aliphatic heterocycles. The second-order valence-electron chi connectivity index (χ2n) is 6.92. The Balaban J connectivity index is 0.00000280. The predicted molar refractivity (Wildman–Crippen MR) is 110 cm³/mol. The first kappa shape index (κ1) is 21.7. The highest BCUT2D eigenvalue weighted by atomic mass is 35.5. The van der Waals surface area contributed by atoms with Gasteiger partial charge in [-0.1, -0.05) is 96.9 Å². The number of hydrogen-bond acceptors (Lipinski definition) is 1. The minimum atomic E-state index is -1.09. The van der Waals surface area contributed by atoms with Crippen LogP contribution in [0.4, 0.5) is 0 Å². The summed E-state index contributed by atoms with van der Waals surface area (Å²) in [7, 11) is 2.14. The second kappa shape index (κ2) is 10.7. The average Bonchev–Trinajstić information content (AvgIpc) is 2.73. The summed E-state index contributed by atoms with van der Waals surface area (Å²) in [5.74, 6) is 6.47. The Labute approximate surface area is 174 Å². The van der Waals surface area contributed by atoms with E-state index < -0.39 is 5.60 Å². The molecule has 0 bridgehead atoms. The standard InChI is InChI=1S/C25H25NO.ClH/c1-26(21-22-13-5-2-6-14-22)20-12-11-19-25(27,23-15-7-3-8-16-23)24-17-9-4-10-18-24;/h2-10,13-18,27H,19-21H2,1H3;1H. The van der Waals surface area contributed by atoms with Crippen molar-refractivity contribution < 1.29 is 22.4 Å². The Bertz CT molecular complexity index is 846. The van der Waals surface area contributed by atoms with E-state index in [-0.39, 0.29) is 12.4 Å². The van der Waals surface area contributed by atoms with Gasteiger partial charge in [0.05, 0.1) is 7.05 Å². The van der Waals surface area contributed by atoms with Crippen LogP contribution in [-0.4, -0.2) is 18.7 Å². The van der Waals surface area contributed by atoms with Gasteiger partial charge >= 0.3 is 0 Å². The average molecular weight is 392 g/mol. The molecule has 0 aliphatic carbocycles. The Morgan fingerprint density at radius 2 is 1.21 bits per heavy atom. The minimum absolute atomic E-state index is 0. The molecular formula is C25H26ClNO. The Kier molecular flexibility index (Phi) is 8.29. The zero-order chi connectivity index (χ0) is 19.0. The first-order chi connectivity index (χ1) is 13.2. The van der Waals surface area contributed by atoms with Crippen LogP contribution in [0.25, 0.3) is 0 Å². The van der Waals surface area contributed by atoms with Gasteiger partial charge in [0.1, 0.15) is 18.7 Å². The quantitative estimate of drug-likeness (QED) is 0.570. The van der Waals surface area contributed by atoms with Crippen molar-refractivity contribution in [1.82, 2.24) is 0 Å². The van der Waals surface area contributed by atoms with Crippen LogP contribution >= 0.6 is 0 Å². The van der Waals surface area contributed by atoms with E-state index >= 15 is 0 Å². The number of hydrogen-bond donors (Lipinski definition) is 2. The maximum Gasteiger partial charge on any atom is 0.139 e. The van der Waals surface area contributed by atoms with Gasteiger partial charge in [-0.2, -0.15) is 0 Å². The van der Waals surface area contributed by atoms with Gasteiger partial charge in [0.2, 0.25) is 0 Å². The normalized spacial score (nSPS) is 11.6. The second-order valence-corrected chi connectivity index (χ2v) is 6.92. The number of quaternary nitrogens is 1. The maximum atomic E-state index is 11.4. The van der Waals surface area contributed by atoms with Gasteiger partial charge in [0.15, 0.2) is 0 Å². The Morgan fingerprint density at radius 3 is 1.71 bits per heavy atom. The third-order valence-electron chi connectivity index (χ3n) is 4.71. The number of benzene rings is 3. The highest BCUT2D eigenvalue weighted by Gasteiger charge is 2.30. The summed E-state index contributed by atoms with van der Waals surface area (Å²) in [6, 6.07) is 30.0.